The van der Waals surface area contributed by atoms with Crippen molar-refractivity contribution < 1.29 is 9.90 Å². The highest BCUT2D eigenvalue weighted by atomic mass is 16.4. The Bertz CT molecular complexity index is 1760. The molecule has 0 amide bonds. The van der Waals surface area contributed by atoms with Crippen LogP contribution in [-0.2, 0) is 12.0 Å². The van der Waals surface area contributed by atoms with E-state index in [0.29, 0.717) is 28.7 Å². The van der Waals surface area contributed by atoms with Crippen molar-refractivity contribution in [1.29, 1.82) is 5.26 Å². The first-order valence-electron chi connectivity index (χ1n) is 13.1. The van der Waals surface area contributed by atoms with Crippen LogP contribution in [0.2, 0.25) is 0 Å². The van der Waals surface area contributed by atoms with E-state index in [9.17, 15) is 20.0 Å². The molecule has 3 heterocycles. The summed E-state index contributed by atoms with van der Waals surface area (Å²) in [6, 6.07) is 18.4. The number of hydrogen-bond acceptors (Lipinski definition) is 6. The normalized spacial score (nSPS) is 16.0. The molecular formula is C31H29N5O3. The minimum absolute atomic E-state index is 0.0250. The predicted octanol–water partition coefficient (Wildman–Crippen LogP) is 4.92. The van der Waals surface area contributed by atoms with Crippen LogP contribution in [0.25, 0.3) is 10.9 Å². The first kappa shape index (κ1) is 24.7. The molecule has 6 rings (SSSR count). The molecule has 1 aromatic heterocycles. The summed E-state index contributed by atoms with van der Waals surface area (Å²) in [5.41, 5.74) is 5.79. The Morgan fingerprint density at radius 3 is 2.64 bits per heavy atom. The summed E-state index contributed by atoms with van der Waals surface area (Å²) in [4.78, 5) is 33.0. The monoisotopic (exact) mass is 519 g/mol. The zero-order valence-electron chi connectivity index (χ0n) is 22.2. The number of anilines is 2. The standard InChI is InChI=1S/C31H29N5O3/c1-18-12-23(20(3)33-25-7-5-4-6-22(25)29(38)39)27-24(13-18)28(37)36-11-10-31(30(36)34-27)16-35(17-31)26-9-8-21(15-32)14-19(26)2/h4-9,12-14,20,33H,10-11,16-17H2,1-3H3,(H,38,39)/t20-/m1/s1. The first-order valence-corrected chi connectivity index (χ1v) is 13.1. The molecule has 2 N–H and O–H groups in total. The van der Waals surface area contributed by atoms with Crippen LogP contribution in [-0.4, -0.2) is 33.7 Å². The highest BCUT2D eigenvalue weighted by Crippen LogP contribution is 2.44. The van der Waals surface area contributed by atoms with E-state index in [1.165, 1.54) is 0 Å². The van der Waals surface area contributed by atoms with Gasteiger partial charge in [0.15, 0.2) is 0 Å². The lowest BCUT2D eigenvalue weighted by Gasteiger charge is -2.49. The van der Waals surface area contributed by atoms with Gasteiger partial charge >= 0.3 is 5.97 Å². The number of aromatic nitrogens is 2. The molecule has 1 spiro atoms. The topological polar surface area (TPSA) is 111 Å². The molecule has 8 heteroatoms. The highest BCUT2D eigenvalue weighted by Gasteiger charge is 2.51. The Balaban J connectivity index is 1.39. The summed E-state index contributed by atoms with van der Waals surface area (Å²) in [6.45, 7) is 8.11. The second kappa shape index (κ2) is 8.98. The van der Waals surface area contributed by atoms with Crippen molar-refractivity contribution in [3.63, 3.8) is 0 Å². The summed E-state index contributed by atoms with van der Waals surface area (Å²) in [6.07, 6.45) is 0.853. The summed E-state index contributed by atoms with van der Waals surface area (Å²) < 4.78 is 1.84. The quantitative estimate of drug-likeness (QED) is 0.385. The second-order valence-corrected chi connectivity index (χ2v) is 10.9. The number of carbonyl (C=O) groups is 1. The molecule has 0 saturated carbocycles. The zero-order valence-corrected chi connectivity index (χ0v) is 22.2. The highest BCUT2D eigenvalue weighted by molar-refractivity contribution is 5.94. The second-order valence-electron chi connectivity index (χ2n) is 10.9. The third kappa shape index (κ3) is 3.93. The lowest BCUT2D eigenvalue weighted by molar-refractivity contribution is 0.0698. The molecular weight excluding hydrogens is 490 g/mol. The Morgan fingerprint density at radius 2 is 1.92 bits per heavy atom. The Morgan fingerprint density at radius 1 is 1.15 bits per heavy atom. The van der Waals surface area contributed by atoms with Crippen LogP contribution in [0, 0.1) is 25.2 Å². The van der Waals surface area contributed by atoms with Crippen molar-refractivity contribution >= 4 is 28.2 Å². The number of fused-ring (bicyclic) bond motifs is 3. The van der Waals surface area contributed by atoms with E-state index in [1.807, 2.05) is 55.7 Å². The van der Waals surface area contributed by atoms with Crippen LogP contribution in [0.5, 0.6) is 0 Å². The number of nitrogens with one attached hydrogen (secondary N) is 1. The van der Waals surface area contributed by atoms with Crippen molar-refractivity contribution in [2.45, 2.75) is 45.2 Å². The fourth-order valence-electron chi connectivity index (χ4n) is 6.22. The molecule has 2 aliphatic heterocycles. The Hall–Kier alpha value is -4.64. The smallest absolute Gasteiger partial charge is 0.337 e. The first-order chi connectivity index (χ1) is 18.7. The van der Waals surface area contributed by atoms with E-state index in [1.54, 1.807) is 24.3 Å². The van der Waals surface area contributed by atoms with Gasteiger partial charge < -0.3 is 15.3 Å². The summed E-state index contributed by atoms with van der Waals surface area (Å²) >= 11 is 0. The molecule has 196 valence electrons. The number of aryl methyl sites for hydroxylation is 2. The minimum Gasteiger partial charge on any atom is -0.478 e. The van der Waals surface area contributed by atoms with Gasteiger partial charge in [0.2, 0.25) is 0 Å². The number of nitrogens with zero attached hydrogens (tertiary/aromatic N) is 4. The average molecular weight is 520 g/mol. The van der Waals surface area contributed by atoms with Gasteiger partial charge in [-0.2, -0.15) is 5.26 Å². The summed E-state index contributed by atoms with van der Waals surface area (Å²) in [5, 5.41) is 22.8. The molecule has 0 bridgehead atoms. The van der Waals surface area contributed by atoms with E-state index in [2.05, 4.69) is 16.3 Å². The maximum atomic E-state index is 13.7. The zero-order chi connectivity index (χ0) is 27.5. The summed E-state index contributed by atoms with van der Waals surface area (Å²) in [7, 11) is 0. The van der Waals surface area contributed by atoms with E-state index in [0.717, 1.165) is 47.7 Å². The molecule has 4 aromatic rings. The van der Waals surface area contributed by atoms with Crippen molar-refractivity contribution in [3.05, 3.63) is 98.6 Å². The summed E-state index contributed by atoms with van der Waals surface area (Å²) in [5.74, 6) is -0.173. The molecule has 0 radical (unpaired) electrons. The fourth-order valence-corrected chi connectivity index (χ4v) is 6.22. The van der Waals surface area contributed by atoms with Gasteiger partial charge in [-0.25, -0.2) is 9.78 Å². The number of para-hydroxylation sites is 1. The van der Waals surface area contributed by atoms with Gasteiger partial charge in [0.1, 0.15) is 5.82 Å². The maximum absolute atomic E-state index is 13.7. The van der Waals surface area contributed by atoms with Crippen LogP contribution >= 0.6 is 0 Å². The molecule has 1 saturated heterocycles. The van der Waals surface area contributed by atoms with Crippen LogP contribution in [0.4, 0.5) is 11.4 Å². The minimum atomic E-state index is -0.998. The van der Waals surface area contributed by atoms with Crippen LogP contribution in [0.3, 0.4) is 0 Å². The molecule has 3 aromatic carbocycles. The molecule has 1 fully saturated rings. The third-order valence-corrected chi connectivity index (χ3v) is 8.17. The van der Waals surface area contributed by atoms with Gasteiger partial charge in [-0.05, 0) is 74.7 Å². The van der Waals surface area contributed by atoms with Gasteiger partial charge in [0, 0.05) is 36.6 Å². The largest absolute Gasteiger partial charge is 0.478 e. The molecule has 1 atom stereocenters. The van der Waals surface area contributed by atoms with E-state index >= 15 is 0 Å². The molecule has 8 nitrogen and oxygen atoms in total. The lowest BCUT2D eigenvalue weighted by Crippen LogP contribution is -2.59. The van der Waals surface area contributed by atoms with Gasteiger partial charge in [-0.15, -0.1) is 0 Å². The molecule has 0 unspecified atom stereocenters. The molecule has 2 aliphatic rings. The van der Waals surface area contributed by atoms with Crippen LogP contribution in [0.15, 0.2) is 59.4 Å². The lowest BCUT2D eigenvalue weighted by atomic mass is 9.77. The number of nitriles is 1. The van der Waals surface area contributed by atoms with E-state index < -0.39 is 5.97 Å². The predicted molar refractivity (Wildman–Crippen MR) is 151 cm³/mol. The number of carboxylic acids is 1. The maximum Gasteiger partial charge on any atom is 0.337 e. The van der Waals surface area contributed by atoms with Crippen LogP contribution in [0.1, 0.15) is 57.8 Å². The van der Waals surface area contributed by atoms with E-state index in [4.69, 9.17) is 4.98 Å². The third-order valence-electron chi connectivity index (χ3n) is 8.17. The Labute approximate surface area is 226 Å². The number of hydrogen-bond donors (Lipinski definition) is 2. The molecule has 39 heavy (non-hydrogen) atoms. The van der Waals surface area contributed by atoms with E-state index in [-0.39, 0.29) is 22.6 Å². The van der Waals surface area contributed by atoms with Crippen molar-refractivity contribution in [2.75, 3.05) is 23.3 Å². The van der Waals surface area contributed by atoms with Crippen LogP contribution < -0.4 is 15.8 Å². The fraction of sp³-hybridized carbons (Fsp3) is 0.290. The number of carboxylic acid groups (broad SMARTS) is 1. The van der Waals surface area contributed by atoms with Crippen molar-refractivity contribution in [1.82, 2.24) is 9.55 Å². The number of benzene rings is 3. The van der Waals surface area contributed by atoms with Gasteiger partial charge in [0.25, 0.3) is 5.56 Å². The Kier molecular flexibility index (Phi) is 5.69. The van der Waals surface area contributed by atoms with Gasteiger partial charge in [-0.1, -0.05) is 18.2 Å². The number of rotatable bonds is 5. The SMILES string of the molecule is Cc1cc([C@@H](C)Nc2ccccc2C(=O)O)c2nc3n(c(=O)c2c1)CCC31CN(c2ccc(C#N)cc2C)C1. The van der Waals surface area contributed by atoms with Crippen molar-refractivity contribution in [3.8, 4) is 6.07 Å². The average Bonchev–Trinajstić information content (AvgIpc) is 3.28. The van der Waals surface area contributed by atoms with Gasteiger partial charge in [0.05, 0.1) is 39.6 Å². The van der Waals surface area contributed by atoms with Crippen molar-refractivity contribution in [2.24, 2.45) is 0 Å². The number of aromatic carboxylic acids is 1. The van der Waals surface area contributed by atoms with Gasteiger partial charge in [-0.3, -0.25) is 9.36 Å². The molecule has 0 aliphatic carbocycles.